The fraction of sp³-hybridized carbons (Fsp3) is 0.692. The highest BCUT2D eigenvalue weighted by molar-refractivity contribution is 5.96. The van der Waals surface area contributed by atoms with E-state index in [4.69, 9.17) is 0 Å². The Balaban J connectivity index is 2.86. The van der Waals surface area contributed by atoms with Crippen molar-refractivity contribution < 1.29 is 9.59 Å². The Kier molecular flexibility index (Phi) is 4.73. The van der Waals surface area contributed by atoms with Crippen molar-refractivity contribution in [1.29, 1.82) is 0 Å². The third kappa shape index (κ3) is 3.32. The van der Waals surface area contributed by atoms with Gasteiger partial charge >= 0.3 is 0 Å². The summed E-state index contributed by atoms with van der Waals surface area (Å²) in [5, 5.41) is 2.74. The molecule has 96 valence electrons. The molecule has 0 aromatic rings. The van der Waals surface area contributed by atoms with Crippen LogP contribution >= 0.6 is 0 Å². The lowest BCUT2D eigenvalue weighted by Gasteiger charge is -2.38. The highest BCUT2D eigenvalue weighted by Crippen LogP contribution is 2.17. The van der Waals surface area contributed by atoms with Gasteiger partial charge in [-0.3, -0.25) is 9.59 Å². The van der Waals surface area contributed by atoms with Crippen molar-refractivity contribution in [3.8, 4) is 0 Å². The summed E-state index contributed by atoms with van der Waals surface area (Å²) in [7, 11) is 0. The Bertz CT molecular complexity index is 323. The first-order valence-electron chi connectivity index (χ1n) is 6.19. The first-order valence-corrected chi connectivity index (χ1v) is 6.19. The molecule has 17 heavy (non-hydrogen) atoms. The first kappa shape index (κ1) is 13.7. The average molecular weight is 238 g/mol. The number of carbonyl (C=O) groups is 2. The Morgan fingerprint density at radius 2 is 2.06 bits per heavy atom. The van der Waals surface area contributed by atoms with Gasteiger partial charge in [0.05, 0.1) is 0 Å². The van der Waals surface area contributed by atoms with Crippen molar-refractivity contribution >= 4 is 11.8 Å². The Morgan fingerprint density at radius 1 is 1.41 bits per heavy atom. The van der Waals surface area contributed by atoms with Gasteiger partial charge in [0.15, 0.2) is 0 Å². The van der Waals surface area contributed by atoms with Crippen LogP contribution in [0.2, 0.25) is 0 Å². The van der Waals surface area contributed by atoms with Crippen LogP contribution < -0.4 is 5.32 Å². The Morgan fingerprint density at radius 3 is 2.59 bits per heavy atom. The minimum atomic E-state index is -0.406. The molecule has 0 aliphatic carbocycles. The van der Waals surface area contributed by atoms with Gasteiger partial charge in [-0.2, -0.15) is 0 Å². The van der Waals surface area contributed by atoms with Gasteiger partial charge in [0.1, 0.15) is 12.1 Å². The topological polar surface area (TPSA) is 49.4 Å². The van der Waals surface area contributed by atoms with E-state index in [2.05, 4.69) is 19.2 Å². The van der Waals surface area contributed by atoms with Gasteiger partial charge in [0.25, 0.3) is 0 Å². The maximum atomic E-state index is 12.0. The van der Waals surface area contributed by atoms with Crippen molar-refractivity contribution in [3.05, 3.63) is 12.2 Å². The minimum Gasteiger partial charge on any atom is -0.343 e. The summed E-state index contributed by atoms with van der Waals surface area (Å²) in [6.07, 6.45) is 4.52. The van der Waals surface area contributed by atoms with Crippen LogP contribution in [0.1, 0.15) is 34.1 Å². The molecule has 0 radical (unpaired) electrons. The number of piperazine rings is 1. The van der Waals surface area contributed by atoms with Gasteiger partial charge in [-0.25, -0.2) is 0 Å². The smallest absolute Gasteiger partial charge is 0.245 e. The SMILES string of the molecule is C/C=C/CN1C(=O)C(C)NC(=O)C1CC(C)C. The number of nitrogens with one attached hydrogen (secondary N) is 1. The van der Waals surface area contributed by atoms with Crippen molar-refractivity contribution in [2.45, 2.75) is 46.2 Å². The molecule has 1 aliphatic heterocycles. The van der Waals surface area contributed by atoms with Gasteiger partial charge < -0.3 is 10.2 Å². The van der Waals surface area contributed by atoms with E-state index in [0.29, 0.717) is 18.9 Å². The quantitative estimate of drug-likeness (QED) is 0.751. The van der Waals surface area contributed by atoms with Crippen LogP contribution in [0, 0.1) is 5.92 Å². The lowest BCUT2D eigenvalue weighted by molar-refractivity contribution is -0.148. The predicted octanol–water partition coefficient (Wildman–Crippen LogP) is 1.32. The number of amides is 2. The minimum absolute atomic E-state index is 0.00773. The summed E-state index contributed by atoms with van der Waals surface area (Å²) in [6.45, 7) is 8.28. The van der Waals surface area contributed by atoms with E-state index >= 15 is 0 Å². The zero-order valence-corrected chi connectivity index (χ0v) is 11.1. The van der Waals surface area contributed by atoms with Crippen molar-refractivity contribution in [2.75, 3.05) is 6.54 Å². The van der Waals surface area contributed by atoms with E-state index in [1.807, 2.05) is 19.1 Å². The molecule has 1 aliphatic rings. The fourth-order valence-corrected chi connectivity index (χ4v) is 2.03. The van der Waals surface area contributed by atoms with Crippen molar-refractivity contribution in [1.82, 2.24) is 10.2 Å². The Labute approximate surface area is 103 Å². The molecule has 1 fully saturated rings. The Hall–Kier alpha value is -1.32. The number of carbonyl (C=O) groups excluding carboxylic acids is 2. The zero-order chi connectivity index (χ0) is 13.0. The molecule has 4 nitrogen and oxygen atoms in total. The molecule has 2 atom stereocenters. The molecule has 2 amide bonds. The number of allylic oxidation sites excluding steroid dienone is 1. The van der Waals surface area contributed by atoms with Crippen LogP contribution in [0.25, 0.3) is 0 Å². The van der Waals surface area contributed by atoms with E-state index in [1.165, 1.54) is 0 Å². The van der Waals surface area contributed by atoms with Gasteiger partial charge in [0, 0.05) is 6.54 Å². The largest absolute Gasteiger partial charge is 0.343 e. The van der Waals surface area contributed by atoms with Crippen LogP contribution in [-0.4, -0.2) is 35.3 Å². The average Bonchev–Trinajstić information content (AvgIpc) is 2.25. The molecule has 1 rings (SSSR count). The van der Waals surface area contributed by atoms with Crippen molar-refractivity contribution in [3.63, 3.8) is 0 Å². The fourth-order valence-electron chi connectivity index (χ4n) is 2.03. The third-order valence-corrected chi connectivity index (χ3v) is 2.92. The summed E-state index contributed by atoms with van der Waals surface area (Å²) in [4.78, 5) is 25.7. The van der Waals surface area contributed by atoms with Crippen molar-refractivity contribution in [2.24, 2.45) is 5.92 Å². The van der Waals surface area contributed by atoms with Gasteiger partial charge in [-0.15, -0.1) is 0 Å². The molecule has 1 N–H and O–H groups in total. The lowest BCUT2D eigenvalue weighted by atomic mass is 9.98. The molecule has 4 heteroatoms. The molecular formula is C13H22N2O2. The molecule has 0 spiro atoms. The highest BCUT2D eigenvalue weighted by Gasteiger charge is 2.37. The van der Waals surface area contributed by atoms with Crippen LogP contribution in [0.15, 0.2) is 12.2 Å². The summed E-state index contributed by atoms with van der Waals surface area (Å²) in [6, 6.07) is -0.730. The summed E-state index contributed by atoms with van der Waals surface area (Å²) >= 11 is 0. The molecule has 0 aromatic heterocycles. The standard InChI is InChI=1S/C13H22N2O2/c1-5-6-7-15-11(8-9(2)3)12(16)14-10(4)13(15)17/h5-6,9-11H,7-8H2,1-4H3,(H,14,16)/b6-5+. The molecule has 2 unspecified atom stereocenters. The maximum absolute atomic E-state index is 12.0. The highest BCUT2D eigenvalue weighted by atomic mass is 16.2. The number of hydrogen-bond acceptors (Lipinski definition) is 2. The van der Waals surface area contributed by atoms with E-state index < -0.39 is 6.04 Å². The molecule has 0 bridgehead atoms. The summed E-state index contributed by atoms with van der Waals surface area (Å²) in [5.74, 6) is 0.365. The van der Waals surface area contributed by atoms with E-state index in [1.54, 1.807) is 11.8 Å². The zero-order valence-electron chi connectivity index (χ0n) is 11.1. The van der Waals surface area contributed by atoms with E-state index in [0.717, 1.165) is 0 Å². The second-order valence-electron chi connectivity index (χ2n) is 4.94. The van der Waals surface area contributed by atoms with E-state index in [-0.39, 0.29) is 17.9 Å². The van der Waals surface area contributed by atoms with Gasteiger partial charge in [0.2, 0.25) is 11.8 Å². The monoisotopic (exact) mass is 238 g/mol. The lowest BCUT2D eigenvalue weighted by Crippen LogP contribution is -2.62. The molecule has 1 heterocycles. The van der Waals surface area contributed by atoms with E-state index in [9.17, 15) is 9.59 Å². The van der Waals surface area contributed by atoms with Gasteiger partial charge in [-0.1, -0.05) is 26.0 Å². The number of hydrogen-bond donors (Lipinski definition) is 1. The molecule has 0 aromatic carbocycles. The van der Waals surface area contributed by atoms with Crippen LogP contribution in [0.5, 0.6) is 0 Å². The summed E-state index contributed by atoms with van der Waals surface area (Å²) in [5.41, 5.74) is 0. The summed E-state index contributed by atoms with van der Waals surface area (Å²) < 4.78 is 0. The molecule has 1 saturated heterocycles. The van der Waals surface area contributed by atoms with Crippen LogP contribution in [0.4, 0.5) is 0 Å². The van der Waals surface area contributed by atoms with Crippen LogP contribution in [-0.2, 0) is 9.59 Å². The van der Waals surface area contributed by atoms with Crippen LogP contribution in [0.3, 0.4) is 0 Å². The predicted molar refractivity (Wildman–Crippen MR) is 67.4 cm³/mol. The first-order chi connectivity index (χ1) is 7.97. The number of rotatable bonds is 4. The molecular weight excluding hydrogens is 216 g/mol. The third-order valence-electron chi connectivity index (χ3n) is 2.92. The second-order valence-corrected chi connectivity index (χ2v) is 4.94. The number of nitrogens with zero attached hydrogens (tertiary/aromatic N) is 1. The molecule has 0 saturated carbocycles. The normalized spacial score (nSPS) is 25.8. The maximum Gasteiger partial charge on any atom is 0.245 e. The second kappa shape index (κ2) is 5.84. The van der Waals surface area contributed by atoms with Gasteiger partial charge in [-0.05, 0) is 26.2 Å².